The third kappa shape index (κ3) is 10.6. The number of aliphatic carboxylic acids is 1. The van der Waals surface area contributed by atoms with Crippen LogP contribution >= 0.6 is 0 Å². The molecule has 6 heteroatoms. The summed E-state index contributed by atoms with van der Waals surface area (Å²) in [6.07, 6.45) is 15.2. The minimum absolute atomic E-state index is 0.0638. The van der Waals surface area contributed by atoms with Crippen LogP contribution in [0.15, 0.2) is 48.6 Å². The zero-order chi connectivity index (χ0) is 20.8. The molecule has 0 spiro atoms. The van der Waals surface area contributed by atoms with E-state index < -0.39 is 30.4 Å². The van der Waals surface area contributed by atoms with Crippen molar-refractivity contribution in [2.24, 2.45) is 0 Å². The van der Waals surface area contributed by atoms with E-state index in [1.807, 2.05) is 12.2 Å². The Hall–Kier alpha value is -1.73. The highest BCUT2D eigenvalue weighted by Crippen LogP contribution is 2.26. The maximum Gasteiger partial charge on any atom is 0.303 e. The van der Waals surface area contributed by atoms with Crippen molar-refractivity contribution in [1.82, 2.24) is 0 Å². The Labute approximate surface area is 167 Å². The Kier molecular flexibility index (Phi) is 12.4. The third-order valence-corrected chi connectivity index (χ3v) is 4.44. The number of carbonyl (C=O) groups is 1. The maximum atomic E-state index is 10.4. The molecular formula is C22H34O6. The standard InChI is InChI=1S/C22H34O6/c1-2-3-4-5-6-9-12-20-19(25)16-21(28-20)18(24)15-14-17(23)11-8-7-10-13-22(26)27/h3-4,6-9,14-15,17-21,23-25H,2,5,10-13,16H2,1H3,(H,26,27)/b4-3-,8-7-,9-6-,15-14+/t17-,18+,19+,20+,21+/m0/s1. The predicted molar refractivity (Wildman–Crippen MR) is 109 cm³/mol. The van der Waals surface area contributed by atoms with E-state index in [0.29, 0.717) is 25.7 Å². The molecule has 4 N–H and O–H groups in total. The quantitative estimate of drug-likeness (QED) is 0.358. The number of rotatable bonds is 13. The van der Waals surface area contributed by atoms with Crippen LogP contribution in [0.1, 0.15) is 51.9 Å². The van der Waals surface area contributed by atoms with Gasteiger partial charge in [0, 0.05) is 12.8 Å². The van der Waals surface area contributed by atoms with Gasteiger partial charge in [0.2, 0.25) is 0 Å². The molecule has 0 bridgehead atoms. The molecule has 0 unspecified atom stereocenters. The molecule has 0 saturated carbocycles. The Morgan fingerprint density at radius 2 is 1.86 bits per heavy atom. The first-order valence-corrected chi connectivity index (χ1v) is 9.98. The number of ether oxygens (including phenoxy) is 1. The molecule has 1 saturated heterocycles. The molecule has 1 rings (SSSR count). The number of hydrogen-bond donors (Lipinski definition) is 4. The van der Waals surface area contributed by atoms with Crippen LogP contribution in [0.4, 0.5) is 0 Å². The molecule has 1 heterocycles. The SMILES string of the molecule is CC/C=C\C/C=C\C[C@H]1O[C@@H]([C@H](O)/C=C/[C@@H](O)C/C=C\CCC(=O)O)C[C@H]1O. The summed E-state index contributed by atoms with van der Waals surface area (Å²) in [5.41, 5.74) is 0. The smallest absolute Gasteiger partial charge is 0.303 e. The molecule has 6 nitrogen and oxygen atoms in total. The molecule has 1 aliphatic rings. The van der Waals surface area contributed by atoms with Crippen LogP contribution in [0.5, 0.6) is 0 Å². The summed E-state index contributed by atoms with van der Waals surface area (Å²) in [7, 11) is 0. The van der Waals surface area contributed by atoms with Crippen LogP contribution in [-0.4, -0.2) is 56.9 Å². The summed E-state index contributed by atoms with van der Waals surface area (Å²) < 4.78 is 5.76. The van der Waals surface area contributed by atoms with Gasteiger partial charge in [-0.05, 0) is 32.1 Å². The molecule has 0 radical (unpaired) electrons. The second kappa shape index (κ2) is 14.3. The highest BCUT2D eigenvalue weighted by molar-refractivity contribution is 5.66. The van der Waals surface area contributed by atoms with Gasteiger partial charge in [0.1, 0.15) is 0 Å². The van der Waals surface area contributed by atoms with Gasteiger partial charge in [-0.2, -0.15) is 0 Å². The lowest BCUT2D eigenvalue weighted by Gasteiger charge is -2.16. The van der Waals surface area contributed by atoms with Crippen molar-refractivity contribution in [2.45, 2.75) is 82.4 Å². The Morgan fingerprint density at radius 3 is 2.57 bits per heavy atom. The predicted octanol–water partition coefficient (Wildman–Crippen LogP) is 2.90. The van der Waals surface area contributed by atoms with E-state index in [1.165, 1.54) is 12.2 Å². The van der Waals surface area contributed by atoms with Crippen LogP contribution in [0.2, 0.25) is 0 Å². The lowest BCUT2D eigenvalue weighted by atomic mass is 10.0. The topological polar surface area (TPSA) is 107 Å². The molecule has 28 heavy (non-hydrogen) atoms. The summed E-state index contributed by atoms with van der Waals surface area (Å²) in [4.78, 5) is 10.4. The van der Waals surface area contributed by atoms with Crippen molar-refractivity contribution in [3.63, 3.8) is 0 Å². The number of aliphatic hydroxyl groups excluding tert-OH is 3. The fourth-order valence-corrected chi connectivity index (χ4v) is 2.87. The van der Waals surface area contributed by atoms with Gasteiger partial charge in [0.05, 0.1) is 30.5 Å². The minimum Gasteiger partial charge on any atom is -0.481 e. The van der Waals surface area contributed by atoms with Gasteiger partial charge in [-0.25, -0.2) is 0 Å². The van der Waals surface area contributed by atoms with E-state index in [2.05, 4.69) is 19.1 Å². The minimum atomic E-state index is -0.901. The van der Waals surface area contributed by atoms with Gasteiger partial charge >= 0.3 is 5.97 Å². The van der Waals surface area contributed by atoms with E-state index in [0.717, 1.165) is 12.8 Å². The van der Waals surface area contributed by atoms with E-state index in [9.17, 15) is 20.1 Å². The van der Waals surface area contributed by atoms with E-state index >= 15 is 0 Å². The lowest BCUT2D eigenvalue weighted by Crippen LogP contribution is -2.24. The number of hydrogen-bond acceptors (Lipinski definition) is 5. The normalized spacial score (nSPS) is 25.5. The zero-order valence-corrected chi connectivity index (χ0v) is 16.6. The summed E-state index contributed by atoms with van der Waals surface area (Å²) in [5, 5.41) is 38.8. The van der Waals surface area contributed by atoms with Crippen molar-refractivity contribution in [3.05, 3.63) is 48.6 Å². The number of carboxylic acid groups (broad SMARTS) is 1. The van der Waals surface area contributed by atoms with Crippen molar-refractivity contribution in [2.75, 3.05) is 0 Å². The summed E-state index contributed by atoms with van der Waals surface area (Å²) in [6, 6.07) is 0. The number of aliphatic hydroxyl groups is 3. The fourth-order valence-electron chi connectivity index (χ4n) is 2.87. The second-order valence-corrected chi connectivity index (χ2v) is 6.92. The van der Waals surface area contributed by atoms with Gasteiger partial charge < -0.3 is 25.2 Å². The molecule has 1 aliphatic heterocycles. The monoisotopic (exact) mass is 394 g/mol. The molecular weight excluding hydrogens is 360 g/mol. The Balaban J connectivity index is 2.33. The first-order valence-electron chi connectivity index (χ1n) is 9.98. The second-order valence-electron chi connectivity index (χ2n) is 6.92. The highest BCUT2D eigenvalue weighted by atomic mass is 16.5. The molecule has 0 aliphatic carbocycles. The van der Waals surface area contributed by atoms with Crippen LogP contribution in [-0.2, 0) is 9.53 Å². The van der Waals surface area contributed by atoms with Crippen LogP contribution < -0.4 is 0 Å². The van der Waals surface area contributed by atoms with Gasteiger partial charge in [-0.1, -0.05) is 55.5 Å². The summed E-state index contributed by atoms with van der Waals surface area (Å²) >= 11 is 0. The molecule has 0 aromatic rings. The molecule has 0 amide bonds. The van der Waals surface area contributed by atoms with Crippen LogP contribution in [0, 0.1) is 0 Å². The zero-order valence-electron chi connectivity index (χ0n) is 16.6. The van der Waals surface area contributed by atoms with Crippen molar-refractivity contribution >= 4 is 5.97 Å². The molecule has 0 aromatic carbocycles. The average Bonchev–Trinajstić information content (AvgIpc) is 3.03. The van der Waals surface area contributed by atoms with Gasteiger partial charge in [0.15, 0.2) is 0 Å². The van der Waals surface area contributed by atoms with Crippen molar-refractivity contribution in [3.8, 4) is 0 Å². The molecule has 158 valence electrons. The first-order chi connectivity index (χ1) is 13.4. The highest BCUT2D eigenvalue weighted by Gasteiger charge is 2.36. The third-order valence-electron chi connectivity index (χ3n) is 4.44. The van der Waals surface area contributed by atoms with E-state index in [1.54, 1.807) is 12.2 Å². The Morgan fingerprint density at radius 1 is 1.11 bits per heavy atom. The van der Waals surface area contributed by atoms with Crippen LogP contribution in [0.25, 0.3) is 0 Å². The molecule has 5 atom stereocenters. The maximum absolute atomic E-state index is 10.4. The van der Waals surface area contributed by atoms with Crippen molar-refractivity contribution < 1.29 is 30.0 Å². The average molecular weight is 395 g/mol. The van der Waals surface area contributed by atoms with Crippen LogP contribution in [0.3, 0.4) is 0 Å². The number of carboxylic acids is 1. The fraction of sp³-hybridized carbons (Fsp3) is 0.591. The van der Waals surface area contributed by atoms with Gasteiger partial charge in [0.25, 0.3) is 0 Å². The van der Waals surface area contributed by atoms with E-state index in [4.69, 9.17) is 9.84 Å². The van der Waals surface area contributed by atoms with Gasteiger partial charge in [-0.3, -0.25) is 4.79 Å². The molecule has 0 aromatic heterocycles. The van der Waals surface area contributed by atoms with Crippen molar-refractivity contribution in [1.29, 1.82) is 0 Å². The summed E-state index contributed by atoms with van der Waals surface area (Å²) in [6.45, 7) is 2.08. The first kappa shape index (κ1) is 24.3. The van der Waals surface area contributed by atoms with E-state index in [-0.39, 0.29) is 12.5 Å². The number of allylic oxidation sites excluding steroid dienone is 4. The largest absolute Gasteiger partial charge is 0.481 e. The Bertz CT molecular complexity index is 551. The summed E-state index contributed by atoms with van der Waals surface area (Å²) in [5.74, 6) is -0.853. The lowest BCUT2D eigenvalue weighted by molar-refractivity contribution is -0.136. The van der Waals surface area contributed by atoms with Gasteiger partial charge in [-0.15, -0.1) is 0 Å². The molecule has 1 fully saturated rings.